The topological polar surface area (TPSA) is 45.7 Å². The molecule has 0 amide bonds. The Hall–Kier alpha value is -1.28. The van der Waals surface area contributed by atoms with Crippen molar-refractivity contribution in [3.63, 3.8) is 0 Å². The minimum Gasteiger partial charge on any atom is -0.497 e. The van der Waals surface area contributed by atoms with Crippen LogP contribution < -0.4 is 15.4 Å². The van der Waals surface area contributed by atoms with Crippen molar-refractivity contribution in [2.45, 2.75) is 20.0 Å². The van der Waals surface area contributed by atoms with Crippen molar-refractivity contribution >= 4 is 41.3 Å². The summed E-state index contributed by atoms with van der Waals surface area (Å²) in [5, 5.41) is 10.8. The van der Waals surface area contributed by atoms with Gasteiger partial charge in [0.1, 0.15) is 5.75 Å². The van der Waals surface area contributed by atoms with Crippen LogP contribution in [-0.4, -0.2) is 19.6 Å². The Kier molecular flexibility index (Phi) is 8.91. The maximum atomic E-state index is 5.23. The zero-order chi connectivity index (χ0) is 14.9. The highest BCUT2D eigenvalue weighted by molar-refractivity contribution is 14.0. The normalized spacial score (nSPS) is 10.7. The largest absolute Gasteiger partial charge is 0.497 e. The quantitative estimate of drug-likeness (QED) is 0.417. The molecule has 1 heterocycles. The molecule has 0 unspecified atom stereocenters. The first kappa shape index (κ1) is 18.8. The molecular formula is C16H22IN3OS. The van der Waals surface area contributed by atoms with Gasteiger partial charge in [-0.1, -0.05) is 12.1 Å². The first-order valence-corrected chi connectivity index (χ1v) is 7.92. The van der Waals surface area contributed by atoms with Gasteiger partial charge in [0.15, 0.2) is 5.96 Å². The van der Waals surface area contributed by atoms with Crippen LogP contribution in [0.1, 0.15) is 18.1 Å². The van der Waals surface area contributed by atoms with E-state index < -0.39 is 0 Å². The molecule has 0 aliphatic carbocycles. The number of nitrogens with one attached hydrogen (secondary N) is 2. The fraction of sp³-hybridized carbons (Fsp3) is 0.312. The second-order valence-corrected chi connectivity index (χ2v) is 5.31. The number of hydrogen-bond acceptors (Lipinski definition) is 3. The van der Waals surface area contributed by atoms with E-state index in [9.17, 15) is 0 Å². The van der Waals surface area contributed by atoms with Crippen molar-refractivity contribution in [3.05, 3.63) is 52.2 Å². The van der Waals surface area contributed by atoms with Crippen LogP contribution in [0.3, 0.4) is 0 Å². The molecule has 2 N–H and O–H groups in total. The second kappa shape index (κ2) is 10.4. The predicted octanol–water partition coefficient (Wildman–Crippen LogP) is 3.63. The molecule has 22 heavy (non-hydrogen) atoms. The van der Waals surface area contributed by atoms with E-state index in [1.807, 2.05) is 18.2 Å². The van der Waals surface area contributed by atoms with Gasteiger partial charge in [-0.2, -0.15) is 11.3 Å². The number of halogens is 1. The molecule has 2 rings (SSSR count). The maximum absolute atomic E-state index is 5.23. The Balaban J connectivity index is 0.00000242. The van der Waals surface area contributed by atoms with Crippen molar-refractivity contribution in [2.24, 2.45) is 4.99 Å². The molecule has 6 heteroatoms. The fourth-order valence-corrected chi connectivity index (χ4v) is 2.52. The molecule has 0 spiro atoms. The predicted molar refractivity (Wildman–Crippen MR) is 104 cm³/mol. The molecule has 0 saturated carbocycles. The Labute approximate surface area is 153 Å². The van der Waals surface area contributed by atoms with Crippen molar-refractivity contribution in [1.82, 2.24) is 10.6 Å². The average molecular weight is 431 g/mol. The molecular weight excluding hydrogens is 409 g/mol. The molecule has 2 aromatic rings. The fourth-order valence-electron chi connectivity index (χ4n) is 1.86. The van der Waals surface area contributed by atoms with E-state index in [0.29, 0.717) is 13.1 Å². The molecule has 120 valence electrons. The zero-order valence-corrected chi connectivity index (χ0v) is 16.0. The Morgan fingerprint density at radius 1 is 1.23 bits per heavy atom. The molecule has 0 bridgehead atoms. The molecule has 0 saturated heterocycles. The van der Waals surface area contributed by atoms with Gasteiger partial charge in [-0.05, 0) is 47.0 Å². The Morgan fingerprint density at radius 2 is 2.09 bits per heavy atom. The first-order valence-electron chi connectivity index (χ1n) is 6.98. The lowest BCUT2D eigenvalue weighted by Crippen LogP contribution is -2.36. The molecule has 1 aromatic heterocycles. The summed E-state index contributed by atoms with van der Waals surface area (Å²) in [5.41, 5.74) is 2.40. The summed E-state index contributed by atoms with van der Waals surface area (Å²) >= 11 is 1.69. The number of methoxy groups -OCH3 is 1. The maximum Gasteiger partial charge on any atom is 0.191 e. The van der Waals surface area contributed by atoms with Gasteiger partial charge in [0.05, 0.1) is 13.7 Å². The van der Waals surface area contributed by atoms with E-state index in [2.05, 4.69) is 45.4 Å². The van der Waals surface area contributed by atoms with Crippen molar-refractivity contribution in [3.8, 4) is 5.75 Å². The summed E-state index contributed by atoms with van der Waals surface area (Å²) in [6.07, 6.45) is 0. The van der Waals surface area contributed by atoms with Crippen LogP contribution in [0.5, 0.6) is 5.75 Å². The monoisotopic (exact) mass is 431 g/mol. The highest BCUT2D eigenvalue weighted by atomic mass is 127. The molecule has 0 aliphatic heterocycles. The summed E-state index contributed by atoms with van der Waals surface area (Å²) in [7, 11) is 1.68. The molecule has 0 fully saturated rings. The van der Waals surface area contributed by atoms with Gasteiger partial charge >= 0.3 is 0 Å². The molecule has 0 radical (unpaired) electrons. The van der Waals surface area contributed by atoms with Crippen LogP contribution in [0.2, 0.25) is 0 Å². The van der Waals surface area contributed by atoms with E-state index in [0.717, 1.165) is 23.8 Å². The molecule has 4 nitrogen and oxygen atoms in total. The molecule has 0 aliphatic rings. The van der Waals surface area contributed by atoms with Gasteiger partial charge in [0, 0.05) is 13.1 Å². The van der Waals surface area contributed by atoms with Gasteiger partial charge < -0.3 is 15.4 Å². The van der Waals surface area contributed by atoms with E-state index >= 15 is 0 Å². The third kappa shape index (κ3) is 6.23. The summed E-state index contributed by atoms with van der Waals surface area (Å²) in [6.45, 7) is 4.31. The number of aliphatic imine (C=N–C) groups is 1. The zero-order valence-electron chi connectivity index (χ0n) is 12.8. The summed E-state index contributed by atoms with van der Waals surface area (Å²) in [4.78, 5) is 4.58. The number of benzene rings is 1. The summed E-state index contributed by atoms with van der Waals surface area (Å²) in [6, 6.07) is 10.1. The van der Waals surface area contributed by atoms with Crippen LogP contribution in [-0.2, 0) is 13.1 Å². The van der Waals surface area contributed by atoms with Gasteiger partial charge in [-0.15, -0.1) is 24.0 Å². The van der Waals surface area contributed by atoms with Gasteiger partial charge in [-0.25, -0.2) is 4.99 Å². The Morgan fingerprint density at radius 3 is 2.77 bits per heavy atom. The van der Waals surface area contributed by atoms with Crippen molar-refractivity contribution in [2.75, 3.05) is 13.7 Å². The van der Waals surface area contributed by atoms with Gasteiger partial charge in [0.25, 0.3) is 0 Å². The van der Waals surface area contributed by atoms with Crippen LogP contribution in [0, 0.1) is 0 Å². The van der Waals surface area contributed by atoms with Crippen LogP contribution in [0.25, 0.3) is 0 Å². The third-order valence-corrected chi connectivity index (χ3v) is 3.67. The highest BCUT2D eigenvalue weighted by Crippen LogP contribution is 2.12. The molecule has 1 aromatic carbocycles. The van der Waals surface area contributed by atoms with Gasteiger partial charge in [0.2, 0.25) is 0 Å². The number of thiophene rings is 1. The highest BCUT2D eigenvalue weighted by Gasteiger charge is 2.00. The van der Waals surface area contributed by atoms with E-state index in [4.69, 9.17) is 4.74 Å². The van der Waals surface area contributed by atoms with Crippen LogP contribution in [0.15, 0.2) is 46.1 Å². The number of nitrogens with zero attached hydrogens (tertiary/aromatic N) is 1. The standard InChI is InChI=1S/C16H21N3OS.HI/c1-3-17-16(19-11-14-7-8-21-12-14)18-10-13-5-4-6-15(9-13)20-2;/h4-9,12H,3,10-11H2,1-2H3,(H2,17,18,19);1H. The number of hydrogen-bond donors (Lipinski definition) is 2. The minimum atomic E-state index is 0. The van der Waals surface area contributed by atoms with Gasteiger partial charge in [-0.3, -0.25) is 0 Å². The van der Waals surface area contributed by atoms with Crippen LogP contribution >= 0.6 is 35.3 Å². The summed E-state index contributed by atoms with van der Waals surface area (Å²) < 4.78 is 5.23. The average Bonchev–Trinajstić information content (AvgIpc) is 3.03. The van der Waals surface area contributed by atoms with E-state index in [-0.39, 0.29) is 24.0 Å². The second-order valence-electron chi connectivity index (χ2n) is 4.53. The first-order chi connectivity index (χ1) is 10.3. The summed E-state index contributed by atoms with van der Waals surface area (Å²) in [5.74, 6) is 1.70. The number of guanidine groups is 1. The number of rotatable bonds is 6. The molecule has 0 atom stereocenters. The minimum absolute atomic E-state index is 0. The lowest BCUT2D eigenvalue weighted by molar-refractivity contribution is 0.414. The van der Waals surface area contributed by atoms with E-state index in [1.54, 1.807) is 18.4 Å². The lowest BCUT2D eigenvalue weighted by Gasteiger charge is -2.11. The van der Waals surface area contributed by atoms with Crippen LogP contribution in [0.4, 0.5) is 0 Å². The smallest absolute Gasteiger partial charge is 0.191 e. The van der Waals surface area contributed by atoms with Crippen molar-refractivity contribution < 1.29 is 4.74 Å². The third-order valence-electron chi connectivity index (χ3n) is 2.94. The lowest BCUT2D eigenvalue weighted by atomic mass is 10.2. The number of ether oxygens (including phenoxy) is 1. The van der Waals surface area contributed by atoms with Crippen molar-refractivity contribution in [1.29, 1.82) is 0 Å². The Bertz CT molecular complexity index is 573. The van der Waals surface area contributed by atoms with E-state index in [1.165, 1.54) is 5.56 Å². The SMILES string of the molecule is CCNC(=NCc1ccsc1)NCc1cccc(OC)c1.I.